The quantitative estimate of drug-likeness (QED) is 0.794. The van der Waals surface area contributed by atoms with Crippen LogP contribution in [0.4, 0.5) is 4.39 Å². The van der Waals surface area contributed by atoms with Gasteiger partial charge in [-0.05, 0) is 56.0 Å². The summed E-state index contributed by atoms with van der Waals surface area (Å²) in [5.74, 6) is 0.896. The van der Waals surface area contributed by atoms with Crippen LogP contribution in [0.1, 0.15) is 37.7 Å². The Morgan fingerprint density at radius 2 is 2.05 bits per heavy atom. The molecular formula is C16H24FNO. The summed E-state index contributed by atoms with van der Waals surface area (Å²) in [6.07, 6.45) is 7.77. The van der Waals surface area contributed by atoms with Crippen LogP contribution in [-0.4, -0.2) is 20.2 Å². The second-order valence-electron chi connectivity index (χ2n) is 5.43. The predicted octanol–water partition coefficient (Wildman–Crippen LogP) is 3.55. The molecule has 0 bridgehead atoms. The maximum absolute atomic E-state index is 13.5. The molecule has 1 aliphatic carbocycles. The molecular weight excluding hydrogens is 241 g/mol. The Morgan fingerprint density at radius 1 is 1.26 bits per heavy atom. The third-order valence-electron chi connectivity index (χ3n) is 3.96. The highest BCUT2D eigenvalue weighted by atomic mass is 19.1. The van der Waals surface area contributed by atoms with Gasteiger partial charge in [-0.3, -0.25) is 0 Å². The van der Waals surface area contributed by atoms with E-state index in [-0.39, 0.29) is 5.82 Å². The van der Waals surface area contributed by atoms with E-state index in [4.69, 9.17) is 4.74 Å². The number of halogens is 1. The van der Waals surface area contributed by atoms with Gasteiger partial charge in [-0.1, -0.05) is 25.3 Å². The van der Waals surface area contributed by atoms with Crippen molar-refractivity contribution in [1.82, 2.24) is 5.32 Å². The molecule has 1 fully saturated rings. The minimum absolute atomic E-state index is 0.271. The maximum Gasteiger partial charge on any atom is 0.165 e. The first kappa shape index (κ1) is 14.3. The summed E-state index contributed by atoms with van der Waals surface area (Å²) in [6, 6.07) is 5.21. The van der Waals surface area contributed by atoms with Crippen molar-refractivity contribution in [2.45, 2.75) is 38.5 Å². The molecule has 106 valence electrons. The van der Waals surface area contributed by atoms with Crippen molar-refractivity contribution < 1.29 is 9.13 Å². The summed E-state index contributed by atoms with van der Waals surface area (Å²) in [5, 5.41) is 3.50. The van der Waals surface area contributed by atoms with Gasteiger partial charge in [0, 0.05) is 0 Å². The molecule has 0 radical (unpaired) electrons. The zero-order valence-corrected chi connectivity index (χ0v) is 11.8. The van der Waals surface area contributed by atoms with E-state index < -0.39 is 0 Å². The molecule has 0 amide bonds. The van der Waals surface area contributed by atoms with Crippen LogP contribution in [0, 0.1) is 11.7 Å². The topological polar surface area (TPSA) is 21.3 Å². The second kappa shape index (κ2) is 7.49. The molecule has 2 rings (SSSR count). The molecule has 0 heterocycles. The van der Waals surface area contributed by atoms with Crippen LogP contribution in [-0.2, 0) is 6.42 Å². The van der Waals surface area contributed by atoms with E-state index in [1.54, 1.807) is 12.1 Å². The van der Waals surface area contributed by atoms with Crippen molar-refractivity contribution in [3.63, 3.8) is 0 Å². The van der Waals surface area contributed by atoms with E-state index in [0.29, 0.717) is 5.75 Å². The Hall–Kier alpha value is -1.09. The van der Waals surface area contributed by atoms with Crippen molar-refractivity contribution in [3.8, 4) is 5.75 Å². The van der Waals surface area contributed by atoms with Gasteiger partial charge in [0.15, 0.2) is 11.6 Å². The summed E-state index contributed by atoms with van der Waals surface area (Å²) >= 11 is 0. The van der Waals surface area contributed by atoms with Gasteiger partial charge in [-0.15, -0.1) is 0 Å². The SMILES string of the molecule is COc1ccc(CCNCC2CCCCC2)cc1F. The molecule has 0 unspecified atom stereocenters. The van der Waals surface area contributed by atoms with E-state index in [9.17, 15) is 4.39 Å². The first-order valence-corrected chi connectivity index (χ1v) is 7.32. The lowest BCUT2D eigenvalue weighted by Gasteiger charge is -2.21. The largest absolute Gasteiger partial charge is 0.494 e. The minimum Gasteiger partial charge on any atom is -0.494 e. The van der Waals surface area contributed by atoms with Crippen molar-refractivity contribution in [3.05, 3.63) is 29.6 Å². The fourth-order valence-corrected chi connectivity index (χ4v) is 2.80. The number of rotatable bonds is 6. The van der Waals surface area contributed by atoms with Gasteiger partial charge in [-0.25, -0.2) is 4.39 Å². The number of hydrogen-bond acceptors (Lipinski definition) is 2. The first-order valence-electron chi connectivity index (χ1n) is 7.32. The standard InChI is InChI=1S/C16H24FNO/c1-19-16-8-7-13(11-15(16)17)9-10-18-12-14-5-3-2-4-6-14/h7-8,11,14,18H,2-6,9-10,12H2,1H3. The molecule has 2 nitrogen and oxygen atoms in total. The molecule has 0 aliphatic heterocycles. The lowest BCUT2D eigenvalue weighted by molar-refractivity contribution is 0.343. The Balaban J connectivity index is 1.69. The van der Waals surface area contributed by atoms with E-state index >= 15 is 0 Å². The molecule has 1 N–H and O–H groups in total. The normalized spacial score (nSPS) is 16.5. The van der Waals surface area contributed by atoms with E-state index in [1.807, 2.05) is 6.07 Å². The lowest BCUT2D eigenvalue weighted by Crippen LogP contribution is -2.26. The predicted molar refractivity (Wildman–Crippen MR) is 76.1 cm³/mol. The molecule has 3 heteroatoms. The number of methoxy groups -OCH3 is 1. The van der Waals surface area contributed by atoms with Crippen molar-refractivity contribution >= 4 is 0 Å². The number of nitrogens with one attached hydrogen (secondary N) is 1. The smallest absolute Gasteiger partial charge is 0.165 e. The van der Waals surface area contributed by atoms with Gasteiger partial charge in [0.25, 0.3) is 0 Å². The van der Waals surface area contributed by atoms with E-state index in [2.05, 4.69) is 5.32 Å². The number of hydrogen-bond donors (Lipinski definition) is 1. The summed E-state index contributed by atoms with van der Waals surface area (Å²) in [4.78, 5) is 0. The second-order valence-corrected chi connectivity index (χ2v) is 5.43. The Labute approximate surface area is 115 Å². The van der Waals surface area contributed by atoms with Crippen LogP contribution in [0.3, 0.4) is 0 Å². The monoisotopic (exact) mass is 265 g/mol. The third kappa shape index (κ3) is 4.50. The summed E-state index contributed by atoms with van der Waals surface area (Å²) in [6.45, 7) is 2.03. The Bertz CT molecular complexity index is 388. The van der Waals surface area contributed by atoms with Crippen molar-refractivity contribution in [2.24, 2.45) is 5.92 Å². The average molecular weight is 265 g/mol. The molecule has 1 aliphatic rings. The first-order chi connectivity index (χ1) is 9.29. The van der Waals surface area contributed by atoms with Crippen LogP contribution in [0.2, 0.25) is 0 Å². The van der Waals surface area contributed by atoms with Gasteiger partial charge < -0.3 is 10.1 Å². The van der Waals surface area contributed by atoms with Gasteiger partial charge in [0.1, 0.15) is 0 Å². The number of ether oxygens (including phenoxy) is 1. The zero-order chi connectivity index (χ0) is 13.5. The van der Waals surface area contributed by atoms with Crippen LogP contribution >= 0.6 is 0 Å². The van der Waals surface area contributed by atoms with Crippen molar-refractivity contribution in [1.29, 1.82) is 0 Å². The van der Waals surface area contributed by atoms with Gasteiger partial charge in [-0.2, -0.15) is 0 Å². The molecule has 0 atom stereocenters. The van der Waals surface area contributed by atoms with E-state index in [0.717, 1.165) is 31.0 Å². The van der Waals surface area contributed by atoms with Crippen LogP contribution < -0.4 is 10.1 Å². The highest BCUT2D eigenvalue weighted by Crippen LogP contribution is 2.22. The molecule has 19 heavy (non-hydrogen) atoms. The van der Waals surface area contributed by atoms with E-state index in [1.165, 1.54) is 39.2 Å². The molecule has 0 saturated heterocycles. The summed E-state index contributed by atoms with van der Waals surface area (Å²) in [7, 11) is 1.49. The molecule has 0 aromatic heterocycles. The van der Waals surface area contributed by atoms with Gasteiger partial charge >= 0.3 is 0 Å². The number of benzene rings is 1. The van der Waals surface area contributed by atoms with Gasteiger partial charge in [0.2, 0.25) is 0 Å². The molecule has 0 spiro atoms. The summed E-state index contributed by atoms with van der Waals surface area (Å²) in [5.41, 5.74) is 1.02. The lowest BCUT2D eigenvalue weighted by atomic mass is 9.89. The van der Waals surface area contributed by atoms with Crippen LogP contribution in [0.15, 0.2) is 18.2 Å². The Morgan fingerprint density at radius 3 is 2.74 bits per heavy atom. The average Bonchev–Trinajstić information content (AvgIpc) is 2.45. The molecule has 1 saturated carbocycles. The minimum atomic E-state index is -0.271. The van der Waals surface area contributed by atoms with Crippen LogP contribution in [0.25, 0.3) is 0 Å². The fourth-order valence-electron chi connectivity index (χ4n) is 2.80. The highest BCUT2D eigenvalue weighted by molar-refractivity contribution is 5.29. The third-order valence-corrected chi connectivity index (χ3v) is 3.96. The summed E-state index contributed by atoms with van der Waals surface area (Å²) < 4.78 is 18.4. The molecule has 1 aromatic carbocycles. The fraction of sp³-hybridized carbons (Fsp3) is 0.625. The van der Waals surface area contributed by atoms with Crippen molar-refractivity contribution in [2.75, 3.05) is 20.2 Å². The Kier molecular flexibility index (Phi) is 5.64. The van der Waals surface area contributed by atoms with Gasteiger partial charge in [0.05, 0.1) is 7.11 Å². The highest BCUT2D eigenvalue weighted by Gasteiger charge is 2.12. The molecule has 1 aromatic rings. The van der Waals surface area contributed by atoms with Crippen LogP contribution in [0.5, 0.6) is 5.75 Å². The maximum atomic E-state index is 13.5. The zero-order valence-electron chi connectivity index (χ0n) is 11.8.